The Morgan fingerprint density at radius 3 is 2.70 bits per heavy atom. The number of sulfonamides is 1. The third-order valence-electron chi connectivity index (χ3n) is 4.09. The fraction of sp³-hybridized carbons (Fsp3) is 1.00. The molecular weight excluding hydrogens is 300 g/mol. The first kappa shape index (κ1) is 18.2. The highest BCUT2D eigenvalue weighted by atomic mass is 35.5. The largest absolute Gasteiger partial charge is 0.377 e. The van der Waals surface area contributed by atoms with E-state index in [4.69, 9.17) is 4.74 Å². The van der Waals surface area contributed by atoms with Gasteiger partial charge >= 0.3 is 0 Å². The summed E-state index contributed by atoms with van der Waals surface area (Å²) in [7, 11) is -3.23. The van der Waals surface area contributed by atoms with Crippen LogP contribution in [0.1, 0.15) is 39.0 Å². The molecule has 0 spiro atoms. The van der Waals surface area contributed by atoms with Crippen LogP contribution in [0, 0.1) is 5.92 Å². The van der Waals surface area contributed by atoms with Gasteiger partial charge in [0.05, 0.1) is 11.9 Å². The molecule has 20 heavy (non-hydrogen) atoms. The molecule has 2 saturated heterocycles. The number of halogens is 1. The predicted molar refractivity (Wildman–Crippen MR) is 82.8 cm³/mol. The first-order valence-electron chi connectivity index (χ1n) is 7.39. The molecule has 0 amide bonds. The van der Waals surface area contributed by atoms with Crippen molar-refractivity contribution in [2.75, 3.05) is 25.4 Å². The maximum atomic E-state index is 12.1. The van der Waals surface area contributed by atoms with E-state index in [1.807, 2.05) is 6.92 Å². The van der Waals surface area contributed by atoms with Gasteiger partial charge in [-0.3, -0.25) is 0 Å². The van der Waals surface area contributed by atoms with Crippen LogP contribution in [0.25, 0.3) is 0 Å². The van der Waals surface area contributed by atoms with Gasteiger partial charge in [0.25, 0.3) is 0 Å². The molecule has 0 radical (unpaired) electrons. The lowest BCUT2D eigenvalue weighted by Gasteiger charge is -2.29. The summed E-state index contributed by atoms with van der Waals surface area (Å²) in [6, 6.07) is 0.00129. The molecule has 3 atom stereocenters. The lowest BCUT2D eigenvalue weighted by atomic mass is 9.94. The van der Waals surface area contributed by atoms with Gasteiger partial charge in [-0.1, -0.05) is 0 Å². The predicted octanol–water partition coefficient (Wildman–Crippen LogP) is 1.28. The molecule has 120 valence electrons. The van der Waals surface area contributed by atoms with Gasteiger partial charge < -0.3 is 10.1 Å². The summed E-state index contributed by atoms with van der Waals surface area (Å²) in [4.78, 5) is 0. The van der Waals surface area contributed by atoms with Gasteiger partial charge in [0.2, 0.25) is 10.0 Å². The van der Waals surface area contributed by atoms with E-state index in [2.05, 4.69) is 10.0 Å². The van der Waals surface area contributed by atoms with Crippen molar-refractivity contribution < 1.29 is 13.2 Å². The van der Waals surface area contributed by atoms with E-state index in [9.17, 15) is 8.42 Å². The maximum absolute atomic E-state index is 12.1. The highest BCUT2D eigenvalue weighted by Crippen LogP contribution is 2.17. The van der Waals surface area contributed by atoms with Gasteiger partial charge in [0.1, 0.15) is 0 Å². The number of rotatable bonds is 5. The topological polar surface area (TPSA) is 67.4 Å². The molecule has 0 aromatic rings. The maximum Gasteiger partial charge on any atom is 0.214 e. The fourth-order valence-electron chi connectivity index (χ4n) is 2.92. The molecule has 2 aliphatic heterocycles. The Morgan fingerprint density at radius 1 is 1.30 bits per heavy atom. The first-order chi connectivity index (χ1) is 9.07. The van der Waals surface area contributed by atoms with E-state index in [1.54, 1.807) is 0 Å². The molecule has 3 unspecified atom stereocenters. The van der Waals surface area contributed by atoms with Crippen LogP contribution >= 0.6 is 12.4 Å². The molecule has 0 aliphatic carbocycles. The number of ether oxygens (including phenoxy) is 1. The minimum atomic E-state index is -3.23. The minimum Gasteiger partial charge on any atom is -0.377 e. The summed E-state index contributed by atoms with van der Waals surface area (Å²) < 4.78 is 32.6. The van der Waals surface area contributed by atoms with E-state index in [-0.39, 0.29) is 30.3 Å². The molecule has 0 bridgehead atoms. The molecule has 0 aromatic heterocycles. The summed E-state index contributed by atoms with van der Waals surface area (Å²) in [6.45, 7) is 4.62. The number of hydrogen-bond donors (Lipinski definition) is 2. The van der Waals surface area contributed by atoms with Crippen molar-refractivity contribution in [1.82, 2.24) is 10.0 Å². The van der Waals surface area contributed by atoms with Crippen LogP contribution in [-0.4, -0.2) is 46.0 Å². The summed E-state index contributed by atoms with van der Waals surface area (Å²) >= 11 is 0. The zero-order valence-electron chi connectivity index (χ0n) is 12.1. The smallest absolute Gasteiger partial charge is 0.214 e. The van der Waals surface area contributed by atoms with Crippen LogP contribution in [0.2, 0.25) is 0 Å². The zero-order chi connectivity index (χ0) is 13.7. The molecule has 5 nitrogen and oxygen atoms in total. The monoisotopic (exact) mass is 326 g/mol. The summed E-state index contributed by atoms with van der Waals surface area (Å²) in [5, 5.41) is 3.32. The second-order valence-electron chi connectivity index (χ2n) is 5.78. The summed E-state index contributed by atoms with van der Waals surface area (Å²) in [6.07, 6.45) is 5.08. The molecule has 2 rings (SSSR count). The van der Waals surface area contributed by atoms with Crippen molar-refractivity contribution in [1.29, 1.82) is 0 Å². The SMILES string of the molecule is CC(NS(=O)(=O)CC1CCCCO1)C1CCCNC1.Cl. The number of hydrogen-bond acceptors (Lipinski definition) is 4. The van der Waals surface area contributed by atoms with Gasteiger partial charge in [-0.15, -0.1) is 12.4 Å². The lowest BCUT2D eigenvalue weighted by molar-refractivity contribution is 0.0303. The average Bonchev–Trinajstić information content (AvgIpc) is 2.39. The summed E-state index contributed by atoms with van der Waals surface area (Å²) in [5.41, 5.74) is 0. The van der Waals surface area contributed by atoms with Crippen LogP contribution in [0.5, 0.6) is 0 Å². The van der Waals surface area contributed by atoms with E-state index >= 15 is 0 Å². The van der Waals surface area contributed by atoms with Crippen LogP contribution in [0.3, 0.4) is 0 Å². The number of nitrogens with one attached hydrogen (secondary N) is 2. The molecule has 2 N–H and O–H groups in total. The van der Waals surface area contributed by atoms with Gasteiger partial charge in [0, 0.05) is 12.6 Å². The highest BCUT2D eigenvalue weighted by molar-refractivity contribution is 7.89. The lowest BCUT2D eigenvalue weighted by Crippen LogP contribution is -2.46. The van der Waals surface area contributed by atoms with Crippen molar-refractivity contribution in [3.8, 4) is 0 Å². The third kappa shape index (κ3) is 5.85. The normalized spacial score (nSPS) is 29.4. The molecule has 2 fully saturated rings. The van der Waals surface area contributed by atoms with Gasteiger partial charge in [-0.05, 0) is 58.0 Å². The first-order valence-corrected chi connectivity index (χ1v) is 9.04. The Kier molecular flexibility index (Phi) is 7.75. The van der Waals surface area contributed by atoms with Crippen molar-refractivity contribution in [2.24, 2.45) is 5.92 Å². The third-order valence-corrected chi connectivity index (χ3v) is 5.63. The molecule has 2 heterocycles. The van der Waals surface area contributed by atoms with Crippen molar-refractivity contribution in [3.63, 3.8) is 0 Å². The Hall–Kier alpha value is 0.120. The second kappa shape index (κ2) is 8.54. The Labute approximate surface area is 128 Å². The van der Waals surface area contributed by atoms with Crippen LogP contribution in [-0.2, 0) is 14.8 Å². The Balaban J connectivity index is 0.00000200. The average molecular weight is 327 g/mol. The van der Waals surface area contributed by atoms with E-state index in [0.717, 1.165) is 45.2 Å². The van der Waals surface area contributed by atoms with Crippen molar-refractivity contribution >= 4 is 22.4 Å². The summed E-state index contributed by atoms with van der Waals surface area (Å²) in [5.74, 6) is 0.508. The van der Waals surface area contributed by atoms with Crippen molar-refractivity contribution in [2.45, 2.75) is 51.2 Å². The van der Waals surface area contributed by atoms with Crippen LogP contribution < -0.4 is 10.0 Å². The molecule has 0 saturated carbocycles. The fourth-order valence-corrected chi connectivity index (χ4v) is 4.52. The molecule has 2 aliphatic rings. The quantitative estimate of drug-likeness (QED) is 0.799. The zero-order valence-corrected chi connectivity index (χ0v) is 13.8. The molecular formula is C13H27ClN2O3S. The van der Waals surface area contributed by atoms with Gasteiger partial charge in [0.15, 0.2) is 0 Å². The van der Waals surface area contributed by atoms with Crippen molar-refractivity contribution in [3.05, 3.63) is 0 Å². The van der Waals surface area contributed by atoms with Gasteiger partial charge in [-0.25, -0.2) is 13.1 Å². The van der Waals surface area contributed by atoms with E-state index in [1.165, 1.54) is 0 Å². The second-order valence-corrected chi connectivity index (χ2v) is 7.58. The molecule has 7 heteroatoms. The Morgan fingerprint density at radius 2 is 2.10 bits per heavy atom. The van der Waals surface area contributed by atoms with Crippen LogP contribution in [0.15, 0.2) is 0 Å². The van der Waals surface area contributed by atoms with E-state index in [0.29, 0.717) is 12.5 Å². The Bertz CT molecular complexity index is 366. The van der Waals surface area contributed by atoms with E-state index < -0.39 is 10.0 Å². The van der Waals surface area contributed by atoms with Crippen LogP contribution in [0.4, 0.5) is 0 Å². The highest BCUT2D eigenvalue weighted by Gasteiger charge is 2.27. The standard InChI is InChI=1S/C13H26N2O3S.ClH/c1-11(12-5-4-7-14-9-12)15-19(16,17)10-13-6-2-3-8-18-13;/h11-15H,2-10H2,1H3;1H. The molecule has 0 aromatic carbocycles. The van der Waals surface area contributed by atoms with Gasteiger partial charge in [-0.2, -0.15) is 0 Å². The number of piperidine rings is 1. The minimum absolute atomic E-state index is 0.